The summed E-state index contributed by atoms with van der Waals surface area (Å²) >= 11 is 6.12. The van der Waals surface area contributed by atoms with E-state index < -0.39 is 0 Å². The van der Waals surface area contributed by atoms with Gasteiger partial charge in [-0.05, 0) is 50.1 Å². The maximum atomic E-state index is 13.3. The smallest absolute Gasteiger partial charge is 0.289 e. The fourth-order valence-electron chi connectivity index (χ4n) is 4.44. The Balaban J connectivity index is 1.45. The molecule has 1 atom stereocenters. The van der Waals surface area contributed by atoms with Gasteiger partial charge in [-0.1, -0.05) is 23.7 Å². The van der Waals surface area contributed by atoms with Gasteiger partial charge in [0.25, 0.3) is 5.91 Å². The zero-order chi connectivity index (χ0) is 20.1. The number of amides is 1. The third-order valence-corrected chi connectivity index (χ3v) is 6.22. The Morgan fingerprint density at radius 3 is 2.90 bits per heavy atom. The van der Waals surface area contributed by atoms with Gasteiger partial charge in [0.1, 0.15) is 11.4 Å². The number of halogens is 1. The normalized spacial score (nSPS) is 17.3. The Kier molecular flexibility index (Phi) is 4.36. The first kappa shape index (κ1) is 18.3. The van der Waals surface area contributed by atoms with Gasteiger partial charge in [0.2, 0.25) is 0 Å². The summed E-state index contributed by atoms with van der Waals surface area (Å²) in [6.07, 6.45) is 1.97. The van der Waals surface area contributed by atoms with Crippen LogP contribution in [0.2, 0.25) is 5.02 Å². The zero-order valence-corrected chi connectivity index (χ0v) is 17.2. The highest BCUT2D eigenvalue weighted by atomic mass is 35.5. The third kappa shape index (κ3) is 3.01. The van der Waals surface area contributed by atoms with Crippen molar-refractivity contribution < 1.29 is 9.21 Å². The molecular weight excluding hydrogens is 386 g/mol. The predicted octanol–water partition coefficient (Wildman–Crippen LogP) is 5.30. The molecule has 2 aromatic carbocycles. The molecule has 1 saturated heterocycles. The molecule has 6 heteroatoms. The van der Waals surface area contributed by atoms with E-state index in [0.29, 0.717) is 22.9 Å². The summed E-state index contributed by atoms with van der Waals surface area (Å²) in [7, 11) is 2.05. The quantitative estimate of drug-likeness (QED) is 0.453. The van der Waals surface area contributed by atoms with Crippen LogP contribution < -0.4 is 0 Å². The Morgan fingerprint density at radius 1 is 1.24 bits per heavy atom. The summed E-state index contributed by atoms with van der Waals surface area (Å²) in [5.41, 5.74) is 3.66. The average Bonchev–Trinajstić information content (AvgIpc) is 3.25. The minimum atomic E-state index is -0.0571. The lowest BCUT2D eigenvalue weighted by molar-refractivity contribution is 0.0673. The van der Waals surface area contributed by atoms with Crippen LogP contribution in [0.1, 0.15) is 40.7 Å². The monoisotopic (exact) mass is 407 g/mol. The summed E-state index contributed by atoms with van der Waals surface area (Å²) < 4.78 is 8.07. The average molecular weight is 408 g/mol. The highest BCUT2D eigenvalue weighted by Gasteiger charge is 2.31. The van der Waals surface area contributed by atoms with Crippen LogP contribution in [0.15, 0.2) is 46.9 Å². The molecule has 1 fully saturated rings. The fourth-order valence-corrected chi connectivity index (χ4v) is 4.61. The highest BCUT2D eigenvalue weighted by molar-refractivity contribution is 6.31. The number of hydrogen-bond acceptors (Lipinski definition) is 3. The summed E-state index contributed by atoms with van der Waals surface area (Å²) in [6.45, 7) is 3.30. The number of aromatic nitrogens is 2. The molecule has 0 saturated carbocycles. The largest absolute Gasteiger partial charge is 0.451 e. The van der Waals surface area contributed by atoms with E-state index in [1.54, 1.807) is 6.07 Å². The minimum absolute atomic E-state index is 0.0571. The number of imidazole rings is 1. The lowest BCUT2D eigenvalue weighted by Gasteiger charge is -2.32. The molecule has 3 heterocycles. The zero-order valence-electron chi connectivity index (χ0n) is 16.5. The van der Waals surface area contributed by atoms with Crippen LogP contribution in [0.4, 0.5) is 0 Å². The van der Waals surface area contributed by atoms with Crippen LogP contribution in [0, 0.1) is 6.92 Å². The van der Waals surface area contributed by atoms with Crippen molar-refractivity contribution in [2.24, 2.45) is 7.05 Å². The molecule has 0 spiro atoms. The number of carbonyl (C=O) groups is 1. The van der Waals surface area contributed by atoms with Crippen molar-refractivity contribution in [3.63, 3.8) is 0 Å². The van der Waals surface area contributed by atoms with Gasteiger partial charge in [-0.2, -0.15) is 0 Å². The number of benzene rings is 2. The molecule has 1 amide bonds. The first-order valence-electron chi connectivity index (χ1n) is 9.92. The highest BCUT2D eigenvalue weighted by Crippen LogP contribution is 2.32. The fraction of sp³-hybridized carbons (Fsp3) is 0.304. The first-order valence-corrected chi connectivity index (χ1v) is 10.3. The Hall–Kier alpha value is -2.79. The molecule has 0 radical (unpaired) electrons. The molecule has 1 aliphatic rings. The molecule has 2 aromatic heterocycles. The number of hydrogen-bond donors (Lipinski definition) is 0. The van der Waals surface area contributed by atoms with Crippen molar-refractivity contribution in [1.82, 2.24) is 14.5 Å². The van der Waals surface area contributed by atoms with E-state index in [-0.39, 0.29) is 11.8 Å². The number of fused-ring (bicyclic) bond motifs is 2. The van der Waals surface area contributed by atoms with Crippen LogP contribution in [-0.4, -0.2) is 33.4 Å². The van der Waals surface area contributed by atoms with Crippen molar-refractivity contribution in [3.05, 3.63) is 64.6 Å². The molecule has 5 nitrogen and oxygen atoms in total. The van der Waals surface area contributed by atoms with Gasteiger partial charge in [-0.25, -0.2) is 4.98 Å². The van der Waals surface area contributed by atoms with Gasteiger partial charge in [-0.3, -0.25) is 4.79 Å². The van der Waals surface area contributed by atoms with Crippen LogP contribution in [-0.2, 0) is 7.05 Å². The SMILES string of the molecule is Cc1c(C(=O)N2CCCC(c3nc4ccccc4n3C)C2)oc2ccc(Cl)cc12. The van der Waals surface area contributed by atoms with Gasteiger partial charge < -0.3 is 13.9 Å². The Labute approximate surface area is 173 Å². The maximum absolute atomic E-state index is 13.3. The second-order valence-electron chi connectivity index (χ2n) is 7.80. The minimum Gasteiger partial charge on any atom is -0.451 e. The Morgan fingerprint density at radius 2 is 2.07 bits per heavy atom. The van der Waals surface area contributed by atoms with Gasteiger partial charge in [0.15, 0.2) is 5.76 Å². The van der Waals surface area contributed by atoms with Gasteiger partial charge in [-0.15, -0.1) is 0 Å². The number of nitrogens with zero attached hydrogens (tertiary/aromatic N) is 3. The topological polar surface area (TPSA) is 51.3 Å². The molecule has 0 bridgehead atoms. The van der Waals surface area contributed by atoms with Gasteiger partial charge in [0.05, 0.1) is 11.0 Å². The molecule has 1 unspecified atom stereocenters. The number of para-hydroxylation sites is 2. The molecular formula is C23H22ClN3O2. The Bertz CT molecular complexity index is 1240. The van der Waals surface area contributed by atoms with Crippen LogP contribution >= 0.6 is 11.6 Å². The molecule has 0 aliphatic carbocycles. The van der Waals surface area contributed by atoms with E-state index in [2.05, 4.69) is 17.7 Å². The first-order chi connectivity index (χ1) is 14.0. The van der Waals surface area contributed by atoms with E-state index in [1.807, 2.05) is 42.2 Å². The summed E-state index contributed by atoms with van der Waals surface area (Å²) in [6, 6.07) is 13.6. The lowest BCUT2D eigenvalue weighted by atomic mass is 9.96. The molecule has 4 aromatic rings. The number of likely N-dealkylation sites (tertiary alicyclic amines) is 1. The molecule has 5 rings (SSSR count). The van der Waals surface area contributed by atoms with Crippen molar-refractivity contribution in [2.45, 2.75) is 25.7 Å². The van der Waals surface area contributed by atoms with Crippen molar-refractivity contribution in [3.8, 4) is 0 Å². The van der Waals surface area contributed by atoms with E-state index in [0.717, 1.165) is 47.2 Å². The van der Waals surface area contributed by atoms with Gasteiger partial charge >= 0.3 is 0 Å². The molecule has 0 N–H and O–H groups in total. The summed E-state index contributed by atoms with van der Waals surface area (Å²) in [5, 5.41) is 1.53. The number of carbonyl (C=O) groups excluding carboxylic acids is 1. The second kappa shape index (κ2) is 6.92. The number of piperidine rings is 1. The van der Waals surface area contributed by atoms with E-state index in [4.69, 9.17) is 21.0 Å². The molecule has 148 valence electrons. The standard InChI is InChI=1S/C23H22ClN3O2/c1-14-17-12-16(24)9-10-20(17)29-21(14)23(28)27-11-5-6-15(13-27)22-25-18-7-3-4-8-19(18)26(22)2/h3-4,7-10,12,15H,5-6,11,13H2,1-2H3. The van der Waals surface area contributed by atoms with Crippen molar-refractivity contribution in [2.75, 3.05) is 13.1 Å². The van der Waals surface area contributed by atoms with E-state index in [1.165, 1.54) is 0 Å². The van der Waals surface area contributed by atoms with E-state index in [9.17, 15) is 4.79 Å². The van der Waals surface area contributed by atoms with Crippen LogP contribution in [0.5, 0.6) is 0 Å². The predicted molar refractivity (Wildman–Crippen MR) is 115 cm³/mol. The van der Waals surface area contributed by atoms with Gasteiger partial charge in [0, 0.05) is 42.0 Å². The number of rotatable bonds is 2. The summed E-state index contributed by atoms with van der Waals surface area (Å²) in [5.74, 6) is 1.60. The molecule has 29 heavy (non-hydrogen) atoms. The van der Waals surface area contributed by atoms with Crippen molar-refractivity contribution >= 4 is 39.5 Å². The van der Waals surface area contributed by atoms with E-state index >= 15 is 0 Å². The lowest BCUT2D eigenvalue weighted by Crippen LogP contribution is -2.39. The van der Waals surface area contributed by atoms with Crippen molar-refractivity contribution in [1.29, 1.82) is 0 Å². The van der Waals surface area contributed by atoms with Crippen LogP contribution in [0.25, 0.3) is 22.0 Å². The number of furan rings is 1. The summed E-state index contributed by atoms with van der Waals surface area (Å²) in [4.78, 5) is 20.0. The maximum Gasteiger partial charge on any atom is 0.289 e. The second-order valence-corrected chi connectivity index (χ2v) is 8.24. The number of aryl methyl sites for hydroxylation is 2. The van der Waals surface area contributed by atoms with Crippen LogP contribution in [0.3, 0.4) is 0 Å². The third-order valence-electron chi connectivity index (χ3n) is 5.99. The molecule has 1 aliphatic heterocycles.